The Morgan fingerprint density at radius 2 is 0.983 bits per heavy atom. The summed E-state index contributed by atoms with van der Waals surface area (Å²) in [7, 11) is -16.7. The van der Waals surface area contributed by atoms with Crippen LogP contribution in [0.15, 0.2) is 0 Å². The van der Waals surface area contributed by atoms with Crippen LogP contribution in [0.1, 0.15) is 96.8 Å². The van der Waals surface area contributed by atoms with Gasteiger partial charge in [0.1, 0.15) is 43.2 Å². The number of rotatable bonds is 26. The lowest BCUT2D eigenvalue weighted by Gasteiger charge is -2.44. The van der Waals surface area contributed by atoms with Gasteiger partial charge in [-0.25, -0.2) is 18.5 Å². The van der Waals surface area contributed by atoms with Crippen LogP contribution in [0, 0.1) is 71.5 Å². The summed E-state index contributed by atoms with van der Waals surface area (Å²) in [4.78, 5) is 72.3. The summed E-state index contributed by atoms with van der Waals surface area (Å²) in [5.74, 6) is 22.7. The average Bonchev–Trinajstić information content (AvgIpc) is 3.16. The molecule has 0 aromatic heterocycles. The van der Waals surface area contributed by atoms with E-state index in [1.165, 1.54) is 44.9 Å². The summed E-state index contributed by atoms with van der Waals surface area (Å²) in [5.41, 5.74) is 0. The third-order valence-electron chi connectivity index (χ3n) is 8.14. The van der Waals surface area contributed by atoms with Crippen molar-refractivity contribution in [3.63, 3.8) is 0 Å². The minimum atomic E-state index is -5.58. The second-order valence-corrected chi connectivity index (χ2v) is 16.8. The van der Waals surface area contributed by atoms with E-state index in [0.717, 1.165) is 25.7 Å². The molecule has 1 fully saturated rings. The van der Waals surface area contributed by atoms with Gasteiger partial charge in [0.2, 0.25) is 0 Å². The molecule has 0 amide bonds. The molecule has 0 aliphatic heterocycles. The van der Waals surface area contributed by atoms with Crippen molar-refractivity contribution in [3.05, 3.63) is 0 Å². The van der Waals surface area contributed by atoms with Crippen LogP contribution in [0.4, 0.5) is 0 Å². The van der Waals surface area contributed by atoms with Crippen LogP contribution in [0.25, 0.3) is 0 Å². The zero-order valence-electron chi connectivity index (χ0n) is 32.8. The number of carbonyl (C=O) groups excluding carboxylic acids is 2. The molecule has 4 unspecified atom stereocenters. The number of ether oxygens (including phenoxy) is 2. The molecule has 0 aromatic rings. The molecule has 0 bridgehead atoms. The van der Waals surface area contributed by atoms with Gasteiger partial charge in [0.05, 0.1) is 6.61 Å². The molecule has 8 N–H and O–H groups in total. The molecule has 0 spiro atoms. The van der Waals surface area contributed by atoms with E-state index in [4.69, 9.17) is 24.9 Å². The number of phosphoric ester groups is 3. The standard InChI is InChI=1S/C38H51O19P3/c1-3-5-7-9-11-13-15-16-17-19-21-23-25-27-32(40)54-30(28-52-31(39)26-24-22-20-18-14-12-10-8-6-4-2)29-53-60(50,51)57-38-34(42)36(55-58(44,45)46)33(41)37(35(38)43)56-59(47,48)49/h2,30,33-38,41-43H,3,5,7,9,11,13,15-17,19,21,23,25,27-29H2,1H3,(H,50,51)(H2,44,45,46)(H2,47,48,49)/t30-,33?,34-,35?,36-,37+,38?/m1/s1. The Morgan fingerprint density at radius 1 is 0.583 bits per heavy atom. The molecule has 1 aliphatic carbocycles. The fourth-order valence-electron chi connectivity index (χ4n) is 5.41. The van der Waals surface area contributed by atoms with Crippen LogP contribution in [0.5, 0.6) is 0 Å². The van der Waals surface area contributed by atoms with Crippen molar-refractivity contribution >= 4 is 35.4 Å². The SMILES string of the molecule is C#CC#CC#CC#CC#CC#CC(=O)OC[C@H](COP(=O)(O)OC1C(O)[C@@H](OP(=O)(O)O)C(O)[C@@H](OP(=O)(O)O)[C@H]1O)OC(=O)CCCCCCCCCCCCCCC. The largest absolute Gasteiger partial charge is 0.472 e. The molecule has 60 heavy (non-hydrogen) atoms. The fraction of sp³-hybridized carbons (Fsp3) is 0.632. The number of unbranched alkanes of at least 4 members (excludes halogenated alkanes) is 12. The van der Waals surface area contributed by atoms with Gasteiger partial charge in [-0.05, 0) is 65.6 Å². The van der Waals surface area contributed by atoms with E-state index in [1.807, 2.05) is 5.92 Å². The first kappa shape index (κ1) is 54.5. The molecule has 1 rings (SSSR count). The van der Waals surface area contributed by atoms with Crippen LogP contribution in [0.3, 0.4) is 0 Å². The van der Waals surface area contributed by atoms with Gasteiger partial charge in [-0.2, -0.15) is 0 Å². The molecule has 0 aromatic carbocycles. The van der Waals surface area contributed by atoms with Crippen LogP contribution < -0.4 is 0 Å². The van der Waals surface area contributed by atoms with E-state index in [9.17, 15) is 63.1 Å². The summed E-state index contributed by atoms with van der Waals surface area (Å²) in [6, 6.07) is 0. The smallest absolute Gasteiger partial charge is 0.456 e. The van der Waals surface area contributed by atoms with E-state index in [2.05, 4.69) is 75.2 Å². The van der Waals surface area contributed by atoms with Crippen molar-refractivity contribution in [2.45, 2.75) is 140 Å². The highest BCUT2D eigenvalue weighted by Gasteiger charge is 2.56. The third-order valence-corrected chi connectivity index (χ3v) is 10.2. The van der Waals surface area contributed by atoms with Crippen molar-refractivity contribution in [2.24, 2.45) is 0 Å². The van der Waals surface area contributed by atoms with Gasteiger partial charge in [-0.3, -0.25) is 22.9 Å². The molecule has 22 heteroatoms. The Bertz CT molecular complexity index is 1840. The van der Waals surface area contributed by atoms with Gasteiger partial charge >= 0.3 is 35.4 Å². The molecular formula is C38H51O19P3. The van der Waals surface area contributed by atoms with E-state index in [0.29, 0.717) is 12.8 Å². The van der Waals surface area contributed by atoms with Crippen molar-refractivity contribution in [1.29, 1.82) is 0 Å². The maximum atomic E-state index is 13.0. The van der Waals surface area contributed by atoms with Crippen molar-refractivity contribution in [1.82, 2.24) is 0 Å². The van der Waals surface area contributed by atoms with Crippen LogP contribution in [-0.4, -0.2) is 108 Å². The predicted octanol–water partition coefficient (Wildman–Crippen LogP) is 2.13. The first-order chi connectivity index (χ1) is 28.3. The first-order valence-electron chi connectivity index (χ1n) is 18.8. The highest BCUT2D eigenvalue weighted by atomic mass is 31.2. The molecule has 1 aliphatic rings. The summed E-state index contributed by atoms with van der Waals surface area (Å²) < 4.78 is 64.4. The van der Waals surface area contributed by atoms with Crippen molar-refractivity contribution < 1.29 is 90.6 Å². The lowest BCUT2D eigenvalue weighted by molar-refractivity contribution is -0.213. The lowest BCUT2D eigenvalue weighted by atomic mass is 9.85. The van der Waals surface area contributed by atoms with E-state index < -0.39 is 91.3 Å². The van der Waals surface area contributed by atoms with Crippen molar-refractivity contribution in [2.75, 3.05) is 13.2 Å². The van der Waals surface area contributed by atoms with Gasteiger partial charge < -0.3 is 49.3 Å². The maximum absolute atomic E-state index is 13.0. The number of aliphatic hydroxyl groups excluding tert-OH is 3. The normalized spacial score (nSPS) is 21.1. The molecular weight excluding hydrogens is 853 g/mol. The number of terminal acetylenes is 1. The van der Waals surface area contributed by atoms with E-state index in [-0.39, 0.29) is 6.42 Å². The first-order valence-corrected chi connectivity index (χ1v) is 23.4. The number of phosphoric acid groups is 3. The Morgan fingerprint density at radius 3 is 1.42 bits per heavy atom. The van der Waals surface area contributed by atoms with E-state index in [1.54, 1.807) is 0 Å². The summed E-state index contributed by atoms with van der Waals surface area (Å²) in [6.45, 7) is 0.339. The Kier molecular flexibility index (Phi) is 27.0. The third kappa shape index (κ3) is 26.0. The molecule has 0 saturated heterocycles. The van der Waals surface area contributed by atoms with Gasteiger partial charge in [-0.15, -0.1) is 6.42 Å². The zero-order valence-corrected chi connectivity index (χ0v) is 35.5. The second-order valence-electron chi connectivity index (χ2n) is 13.0. The molecule has 1 saturated carbocycles. The van der Waals surface area contributed by atoms with Gasteiger partial charge in [0, 0.05) is 12.3 Å². The van der Waals surface area contributed by atoms with E-state index >= 15 is 0 Å². The van der Waals surface area contributed by atoms with Gasteiger partial charge in [0.25, 0.3) is 0 Å². The Hall–Kier alpha value is -3.49. The van der Waals surface area contributed by atoms with Crippen LogP contribution in [-0.2, 0) is 50.9 Å². The average molecular weight is 905 g/mol. The monoisotopic (exact) mass is 904 g/mol. The number of carbonyl (C=O) groups is 2. The minimum absolute atomic E-state index is 0.0858. The van der Waals surface area contributed by atoms with Gasteiger partial charge in [0.15, 0.2) is 6.10 Å². The molecule has 0 heterocycles. The topological polar surface area (TPSA) is 303 Å². The predicted molar refractivity (Wildman–Crippen MR) is 211 cm³/mol. The quantitative estimate of drug-likeness (QED) is 0.0203. The van der Waals surface area contributed by atoms with Crippen molar-refractivity contribution in [3.8, 4) is 71.5 Å². The summed E-state index contributed by atoms with van der Waals surface area (Å²) in [5, 5.41) is 31.6. The minimum Gasteiger partial charge on any atom is -0.456 e. The Balaban J connectivity index is 2.97. The number of esters is 2. The molecule has 332 valence electrons. The number of hydrogen-bond donors (Lipinski definition) is 8. The molecule has 8 atom stereocenters. The number of aliphatic hydroxyl groups is 3. The fourth-order valence-corrected chi connectivity index (χ4v) is 7.52. The number of hydrogen-bond acceptors (Lipinski definition) is 14. The van der Waals surface area contributed by atoms with Crippen LogP contribution in [0.2, 0.25) is 0 Å². The molecule has 19 nitrogen and oxygen atoms in total. The highest BCUT2D eigenvalue weighted by molar-refractivity contribution is 7.47. The lowest BCUT2D eigenvalue weighted by Crippen LogP contribution is -2.65. The zero-order chi connectivity index (χ0) is 45.0. The summed E-state index contributed by atoms with van der Waals surface area (Å²) >= 11 is 0. The van der Waals surface area contributed by atoms with Crippen LogP contribution >= 0.6 is 23.5 Å². The highest BCUT2D eigenvalue weighted by Crippen LogP contribution is 2.51. The maximum Gasteiger partial charge on any atom is 0.472 e. The summed E-state index contributed by atoms with van der Waals surface area (Å²) in [6.07, 6.45) is 1.87. The Labute approximate surface area is 349 Å². The van der Waals surface area contributed by atoms with Gasteiger partial charge in [-0.1, -0.05) is 84.0 Å². The second kappa shape index (κ2) is 29.7. The molecule has 0 radical (unpaired) electrons.